The van der Waals surface area contributed by atoms with Gasteiger partial charge in [-0.25, -0.2) is 0 Å². The molecule has 1 aromatic rings. The Labute approximate surface area is 61.4 Å². The molecule has 10 heavy (non-hydrogen) atoms. The molecule has 56 valence electrons. The zero-order valence-electron chi connectivity index (χ0n) is 6.50. The van der Waals surface area contributed by atoms with Crippen LogP contribution in [0.2, 0.25) is 0 Å². The SMILES string of the molecule is CCN(C)Cc1ccoc1. The molecule has 1 heterocycles. The largest absolute Gasteiger partial charge is 0.472 e. The van der Waals surface area contributed by atoms with E-state index in [4.69, 9.17) is 4.42 Å². The summed E-state index contributed by atoms with van der Waals surface area (Å²) in [6, 6.07) is 1.99. The maximum absolute atomic E-state index is 4.93. The van der Waals surface area contributed by atoms with E-state index in [-0.39, 0.29) is 0 Å². The van der Waals surface area contributed by atoms with Crippen molar-refractivity contribution in [3.8, 4) is 0 Å². The summed E-state index contributed by atoms with van der Waals surface area (Å²) in [6.07, 6.45) is 3.49. The van der Waals surface area contributed by atoms with Crippen LogP contribution in [0.3, 0.4) is 0 Å². The first-order valence-corrected chi connectivity index (χ1v) is 3.52. The number of furan rings is 1. The van der Waals surface area contributed by atoms with E-state index in [1.807, 2.05) is 6.07 Å². The topological polar surface area (TPSA) is 16.4 Å². The van der Waals surface area contributed by atoms with Crippen LogP contribution in [0.1, 0.15) is 12.5 Å². The lowest BCUT2D eigenvalue weighted by Gasteiger charge is -2.10. The lowest BCUT2D eigenvalue weighted by Crippen LogP contribution is -2.15. The van der Waals surface area contributed by atoms with Crippen molar-refractivity contribution < 1.29 is 4.42 Å². The standard InChI is InChI=1S/C8H13NO/c1-3-9(2)6-8-4-5-10-7-8/h4-5,7H,3,6H2,1-2H3. The van der Waals surface area contributed by atoms with E-state index in [0.717, 1.165) is 13.1 Å². The van der Waals surface area contributed by atoms with Crippen LogP contribution in [0.15, 0.2) is 23.0 Å². The van der Waals surface area contributed by atoms with Gasteiger partial charge in [0, 0.05) is 12.1 Å². The van der Waals surface area contributed by atoms with Crippen molar-refractivity contribution in [1.82, 2.24) is 4.90 Å². The second-order valence-corrected chi connectivity index (χ2v) is 2.46. The molecule has 2 heteroatoms. The average Bonchev–Trinajstić information content (AvgIpc) is 2.40. The third-order valence-corrected chi connectivity index (χ3v) is 1.57. The second kappa shape index (κ2) is 3.42. The maximum Gasteiger partial charge on any atom is 0.0947 e. The molecule has 2 nitrogen and oxygen atoms in total. The normalized spacial score (nSPS) is 10.7. The summed E-state index contributed by atoms with van der Waals surface area (Å²) in [5.41, 5.74) is 1.24. The minimum Gasteiger partial charge on any atom is -0.472 e. The number of rotatable bonds is 3. The number of hydrogen-bond donors (Lipinski definition) is 0. The van der Waals surface area contributed by atoms with Gasteiger partial charge in [0.05, 0.1) is 12.5 Å². The first-order chi connectivity index (χ1) is 4.83. The quantitative estimate of drug-likeness (QED) is 0.634. The van der Waals surface area contributed by atoms with E-state index in [2.05, 4.69) is 18.9 Å². The Balaban J connectivity index is 2.40. The van der Waals surface area contributed by atoms with Crippen molar-refractivity contribution in [2.45, 2.75) is 13.5 Å². The van der Waals surface area contributed by atoms with Crippen LogP contribution in [0.5, 0.6) is 0 Å². The zero-order valence-corrected chi connectivity index (χ0v) is 6.50. The fourth-order valence-electron chi connectivity index (χ4n) is 0.806. The molecule has 0 radical (unpaired) electrons. The Morgan fingerprint density at radius 2 is 2.40 bits per heavy atom. The van der Waals surface area contributed by atoms with Gasteiger partial charge in [0.1, 0.15) is 0 Å². The Morgan fingerprint density at radius 1 is 1.60 bits per heavy atom. The van der Waals surface area contributed by atoms with Crippen LogP contribution in [-0.2, 0) is 6.54 Å². The molecular formula is C8H13NO. The van der Waals surface area contributed by atoms with Crippen molar-refractivity contribution >= 4 is 0 Å². The summed E-state index contributed by atoms with van der Waals surface area (Å²) in [4.78, 5) is 2.23. The summed E-state index contributed by atoms with van der Waals surface area (Å²) < 4.78 is 4.93. The molecule has 1 rings (SSSR count). The number of nitrogens with zero attached hydrogens (tertiary/aromatic N) is 1. The van der Waals surface area contributed by atoms with Gasteiger partial charge in [0.15, 0.2) is 0 Å². The Hall–Kier alpha value is -0.760. The minimum absolute atomic E-state index is 0.979. The van der Waals surface area contributed by atoms with Crippen LogP contribution in [0.25, 0.3) is 0 Å². The van der Waals surface area contributed by atoms with Crippen molar-refractivity contribution in [3.05, 3.63) is 24.2 Å². The predicted octanol–water partition coefficient (Wildman–Crippen LogP) is 1.73. The third kappa shape index (κ3) is 1.88. The van der Waals surface area contributed by atoms with E-state index in [1.54, 1.807) is 12.5 Å². The summed E-state index contributed by atoms with van der Waals surface area (Å²) >= 11 is 0. The highest BCUT2D eigenvalue weighted by Gasteiger charge is 1.96. The first-order valence-electron chi connectivity index (χ1n) is 3.52. The summed E-state index contributed by atoms with van der Waals surface area (Å²) in [7, 11) is 2.09. The van der Waals surface area contributed by atoms with Crippen LogP contribution in [0, 0.1) is 0 Å². The Kier molecular flexibility index (Phi) is 2.51. The molecule has 0 fully saturated rings. The van der Waals surface area contributed by atoms with Gasteiger partial charge in [-0.05, 0) is 19.7 Å². The molecule has 0 spiro atoms. The molecule has 0 bridgehead atoms. The van der Waals surface area contributed by atoms with Crippen molar-refractivity contribution in [1.29, 1.82) is 0 Å². The fraction of sp³-hybridized carbons (Fsp3) is 0.500. The zero-order chi connectivity index (χ0) is 7.40. The highest BCUT2D eigenvalue weighted by Crippen LogP contribution is 2.02. The molecule has 0 aromatic carbocycles. The lowest BCUT2D eigenvalue weighted by molar-refractivity contribution is 0.344. The monoisotopic (exact) mass is 139 g/mol. The van der Waals surface area contributed by atoms with Crippen molar-refractivity contribution in [3.63, 3.8) is 0 Å². The van der Waals surface area contributed by atoms with Gasteiger partial charge in [-0.15, -0.1) is 0 Å². The van der Waals surface area contributed by atoms with Gasteiger partial charge >= 0.3 is 0 Å². The summed E-state index contributed by atoms with van der Waals surface area (Å²) in [6.45, 7) is 4.19. The summed E-state index contributed by atoms with van der Waals surface area (Å²) in [5, 5.41) is 0. The van der Waals surface area contributed by atoms with Crippen LogP contribution < -0.4 is 0 Å². The van der Waals surface area contributed by atoms with Gasteiger partial charge in [-0.3, -0.25) is 0 Å². The average molecular weight is 139 g/mol. The smallest absolute Gasteiger partial charge is 0.0947 e. The Bertz CT molecular complexity index is 169. The predicted molar refractivity (Wildman–Crippen MR) is 40.7 cm³/mol. The van der Waals surface area contributed by atoms with Crippen molar-refractivity contribution in [2.75, 3.05) is 13.6 Å². The van der Waals surface area contributed by atoms with E-state index >= 15 is 0 Å². The van der Waals surface area contributed by atoms with Crippen LogP contribution in [-0.4, -0.2) is 18.5 Å². The van der Waals surface area contributed by atoms with E-state index < -0.39 is 0 Å². The molecule has 0 aliphatic rings. The molecule has 0 aliphatic heterocycles. The van der Waals surface area contributed by atoms with Gasteiger partial charge in [-0.2, -0.15) is 0 Å². The van der Waals surface area contributed by atoms with Gasteiger partial charge < -0.3 is 9.32 Å². The van der Waals surface area contributed by atoms with E-state index in [1.165, 1.54) is 5.56 Å². The minimum atomic E-state index is 0.979. The molecule has 0 amide bonds. The molecular weight excluding hydrogens is 126 g/mol. The highest BCUT2D eigenvalue weighted by molar-refractivity contribution is 5.04. The van der Waals surface area contributed by atoms with Gasteiger partial charge in [-0.1, -0.05) is 6.92 Å². The van der Waals surface area contributed by atoms with Gasteiger partial charge in [0.25, 0.3) is 0 Å². The highest BCUT2D eigenvalue weighted by atomic mass is 16.3. The van der Waals surface area contributed by atoms with Crippen LogP contribution >= 0.6 is 0 Å². The second-order valence-electron chi connectivity index (χ2n) is 2.46. The fourth-order valence-corrected chi connectivity index (χ4v) is 0.806. The summed E-state index contributed by atoms with van der Waals surface area (Å²) in [5.74, 6) is 0. The molecule has 0 saturated heterocycles. The van der Waals surface area contributed by atoms with Crippen LogP contribution in [0.4, 0.5) is 0 Å². The molecule has 0 N–H and O–H groups in total. The molecule has 0 unspecified atom stereocenters. The molecule has 0 atom stereocenters. The lowest BCUT2D eigenvalue weighted by atomic mass is 10.3. The first kappa shape index (κ1) is 7.35. The molecule has 1 aromatic heterocycles. The van der Waals surface area contributed by atoms with Gasteiger partial charge in [0.2, 0.25) is 0 Å². The number of hydrogen-bond acceptors (Lipinski definition) is 2. The maximum atomic E-state index is 4.93. The van der Waals surface area contributed by atoms with E-state index in [0.29, 0.717) is 0 Å². The molecule has 0 aliphatic carbocycles. The van der Waals surface area contributed by atoms with E-state index in [9.17, 15) is 0 Å². The Morgan fingerprint density at radius 3 is 2.90 bits per heavy atom. The van der Waals surface area contributed by atoms with Crippen molar-refractivity contribution in [2.24, 2.45) is 0 Å². The molecule has 0 saturated carbocycles. The third-order valence-electron chi connectivity index (χ3n) is 1.57.